The van der Waals surface area contributed by atoms with Crippen molar-refractivity contribution in [3.05, 3.63) is 81.8 Å². The summed E-state index contributed by atoms with van der Waals surface area (Å²) in [6, 6.07) is 9.66. The van der Waals surface area contributed by atoms with Crippen molar-refractivity contribution in [2.75, 3.05) is 0 Å². The molecule has 0 amide bonds. The van der Waals surface area contributed by atoms with Crippen LogP contribution in [0.15, 0.2) is 53.6 Å². The van der Waals surface area contributed by atoms with Crippen LogP contribution < -0.4 is 5.56 Å². The van der Waals surface area contributed by atoms with E-state index >= 15 is 0 Å². The minimum Gasteiger partial charge on any atom is -0.310 e. The van der Waals surface area contributed by atoms with E-state index in [1.54, 1.807) is 30.8 Å². The molecule has 2 aromatic heterocycles. The van der Waals surface area contributed by atoms with E-state index in [-0.39, 0.29) is 11.3 Å². The van der Waals surface area contributed by atoms with Crippen LogP contribution in [0.2, 0.25) is 0 Å². The summed E-state index contributed by atoms with van der Waals surface area (Å²) >= 11 is 0. The van der Waals surface area contributed by atoms with Crippen LogP contribution >= 0.6 is 0 Å². The van der Waals surface area contributed by atoms with E-state index in [0.29, 0.717) is 11.5 Å². The number of carbonyl (C=O) groups is 1. The largest absolute Gasteiger partial charge is 0.310 e. The molecule has 0 fully saturated rings. The van der Waals surface area contributed by atoms with Gasteiger partial charge in [-0.3, -0.25) is 9.59 Å². The van der Waals surface area contributed by atoms with Crippen LogP contribution in [-0.4, -0.2) is 25.5 Å². The van der Waals surface area contributed by atoms with Crippen LogP contribution in [0.4, 0.5) is 0 Å². The Hall–Kier alpha value is -3.28. The number of aryl methyl sites for hydroxylation is 2. The summed E-state index contributed by atoms with van der Waals surface area (Å²) < 4.78 is 1.72. The first-order valence-corrected chi connectivity index (χ1v) is 7.44. The molecule has 0 radical (unpaired) electrons. The zero-order chi connectivity index (χ0) is 17.1. The lowest BCUT2D eigenvalue weighted by atomic mass is 10.1. The quantitative estimate of drug-likeness (QED) is 0.591. The van der Waals surface area contributed by atoms with Gasteiger partial charge in [0, 0.05) is 11.8 Å². The summed E-state index contributed by atoms with van der Waals surface area (Å²) in [5.41, 5.74) is 1.76. The zero-order valence-electron chi connectivity index (χ0n) is 13.4. The highest BCUT2D eigenvalue weighted by molar-refractivity contribution is 6.07. The smallest absolute Gasteiger partial charge is 0.262 e. The van der Waals surface area contributed by atoms with E-state index in [9.17, 15) is 9.59 Å². The van der Waals surface area contributed by atoms with Gasteiger partial charge in [0.15, 0.2) is 5.78 Å². The van der Waals surface area contributed by atoms with Gasteiger partial charge in [-0.1, -0.05) is 18.2 Å². The molecule has 0 saturated heterocycles. The molecule has 0 spiro atoms. The van der Waals surface area contributed by atoms with Gasteiger partial charge in [0.1, 0.15) is 11.4 Å². The van der Waals surface area contributed by atoms with Crippen LogP contribution in [0.25, 0.3) is 11.8 Å². The molecule has 6 nitrogen and oxygen atoms in total. The molecule has 24 heavy (non-hydrogen) atoms. The highest BCUT2D eigenvalue weighted by Crippen LogP contribution is 2.09. The number of rotatable bonds is 4. The molecule has 0 unspecified atom stereocenters. The fraction of sp³-hybridized carbons (Fsp3) is 0.111. The van der Waals surface area contributed by atoms with Gasteiger partial charge in [0.05, 0.1) is 17.6 Å². The fourth-order valence-corrected chi connectivity index (χ4v) is 2.42. The first-order valence-electron chi connectivity index (χ1n) is 7.44. The molecule has 2 heterocycles. The van der Waals surface area contributed by atoms with Crippen molar-refractivity contribution in [2.24, 2.45) is 0 Å². The number of benzene rings is 1. The van der Waals surface area contributed by atoms with Crippen LogP contribution in [0.1, 0.15) is 27.4 Å². The van der Waals surface area contributed by atoms with E-state index in [1.165, 1.54) is 6.08 Å². The number of hydrogen-bond donors (Lipinski definition) is 1. The van der Waals surface area contributed by atoms with Gasteiger partial charge in [-0.2, -0.15) is 5.10 Å². The van der Waals surface area contributed by atoms with Gasteiger partial charge in [-0.05, 0) is 38.1 Å². The number of ketones is 1. The van der Waals surface area contributed by atoms with E-state index < -0.39 is 5.56 Å². The van der Waals surface area contributed by atoms with E-state index in [1.807, 2.05) is 36.5 Å². The Bertz CT molecular complexity index is 968. The van der Waals surface area contributed by atoms with Crippen LogP contribution in [-0.2, 0) is 0 Å². The number of allylic oxidation sites excluding steroid dienone is 1. The summed E-state index contributed by atoms with van der Waals surface area (Å²) in [6.07, 6.45) is 6.46. The predicted molar refractivity (Wildman–Crippen MR) is 91.3 cm³/mol. The molecular weight excluding hydrogens is 304 g/mol. The summed E-state index contributed by atoms with van der Waals surface area (Å²) in [7, 11) is 0. The Morgan fingerprint density at radius 3 is 2.67 bits per heavy atom. The predicted octanol–water partition coefficient (Wildman–Crippen LogP) is 2.47. The average molecular weight is 320 g/mol. The van der Waals surface area contributed by atoms with Crippen LogP contribution in [0.5, 0.6) is 0 Å². The number of carbonyl (C=O) groups excluding carboxylic acids is 1. The monoisotopic (exact) mass is 320 g/mol. The highest BCUT2D eigenvalue weighted by atomic mass is 16.1. The van der Waals surface area contributed by atoms with E-state index in [2.05, 4.69) is 15.1 Å². The van der Waals surface area contributed by atoms with Crippen molar-refractivity contribution in [1.29, 1.82) is 0 Å². The summed E-state index contributed by atoms with van der Waals surface area (Å²) in [5.74, 6) is 0.107. The van der Waals surface area contributed by atoms with Gasteiger partial charge in [-0.25, -0.2) is 9.67 Å². The van der Waals surface area contributed by atoms with Gasteiger partial charge in [0.2, 0.25) is 0 Å². The number of nitrogens with zero attached hydrogens (tertiary/aromatic N) is 3. The van der Waals surface area contributed by atoms with Gasteiger partial charge >= 0.3 is 0 Å². The van der Waals surface area contributed by atoms with Gasteiger partial charge in [-0.15, -0.1) is 0 Å². The molecule has 120 valence electrons. The van der Waals surface area contributed by atoms with Crippen molar-refractivity contribution < 1.29 is 4.79 Å². The van der Waals surface area contributed by atoms with Crippen LogP contribution in [0, 0.1) is 13.8 Å². The van der Waals surface area contributed by atoms with Crippen molar-refractivity contribution in [1.82, 2.24) is 19.7 Å². The molecule has 0 bridgehead atoms. The molecule has 1 N–H and O–H groups in total. The third-order valence-corrected chi connectivity index (χ3v) is 3.52. The number of nitrogens with one attached hydrogen (secondary N) is 1. The molecule has 0 aliphatic heterocycles. The number of para-hydroxylation sites is 1. The standard InChI is InChI=1S/C18H16N4O2/c1-12-17(18(24)21-13(2)20-12)16(23)9-8-14-10-19-22(11-14)15-6-4-3-5-7-15/h3-11H,1-2H3,(H,20,21,24). The lowest BCUT2D eigenvalue weighted by Crippen LogP contribution is -2.21. The van der Waals surface area contributed by atoms with Gasteiger partial charge in [0.25, 0.3) is 5.56 Å². The number of aromatic amines is 1. The zero-order valence-corrected chi connectivity index (χ0v) is 13.4. The second-order valence-electron chi connectivity index (χ2n) is 5.36. The number of H-pyrrole nitrogens is 1. The summed E-state index contributed by atoms with van der Waals surface area (Å²) in [6.45, 7) is 3.33. The molecule has 1 aromatic carbocycles. The lowest BCUT2D eigenvalue weighted by Gasteiger charge is -2.01. The SMILES string of the molecule is Cc1nc(C)c(C(=O)C=Cc2cnn(-c3ccccc3)c2)c(=O)[nH]1. The highest BCUT2D eigenvalue weighted by Gasteiger charge is 2.13. The van der Waals surface area contributed by atoms with E-state index in [0.717, 1.165) is 11.3 Å². The summed E-state index contributed by atoms with van der Waals surface area (Å²) in [5, 5.41) is 4.26. The second kappa shape index (κ2) is 6.45. The van der Waals surface area contributed by atoms with Crippen molar-refractivity contribution in [3.63, 3.8) is 0 Å². The molecule has 0 aliphatic carbocycles. The maximum Gasteiger partial charge on any atom is 0.262 e. The molecule has 6 heteroatoms. The Balaban J connectivity index is 1.83. The third kappa shape index (κ3) is 3.22. The molecule has 3 aromatic rings. The average Bonchev–Trinajstić information content (AvgIpc) is 3.02. The Labute approximate surface area is 138 Å². The first-order chi connectivity index (χ1) is 11.5. The van der Waals surface area contributed by atoms with Crippen molar-refractivity contribution in [3.8, 4) is 5.69 Å². The normalized spacial score (nSPS) is 11.1. The van der Waals surface area contributed by atoms with Crippen LogP contribution in [0.3, 0.4) is 0 Å². The Morgan fingerprint density at radius 2 is 1.96 bits per heavy atom. The second-order valence-corrected chi connectivity index (χ2v) is 5.36. The minimum absolute atomic E-state index is 0.0623. The number of aromatic nitrogens is 4. The molecule has 0 aliphatic rings. The maximum absolute atomic E-state index is 12.3. The molecule has 0 atom stereocenters. The minimum atomic E-state index is -0.422. The van der Waals surface area contributed by atoms with E-state index in [4.69, 9.17) is 0 Å². The first kappa shape index (κ1) is 15.6. The topological polar surface area (TPSA) is 80.6 Å². The summed E-state index contributed by atoms with van der Waals surface area (Å²) in [4.78, 5) is 30.9. The molecule has 0 saturated carbocycles. The van der Waals surface area contributed by atoms with Crippen molar-refractivity contribution in [2.45, 2.75) is 13.8 Å². The Morgan fingerprint density at radius 1 is 1.21 bits per heavy atom. The molecular formula is C18H16N4O2. The van der Waals surface area contributed by atoms with Crippen molar-refractivity contribution >= 4 is 11.9 Å². The molecule has 3 rings (SSSR count). The lowest BCUT2D eigenvalue weighted by molar-refractivity contribution is 0.104. The third-order valence-electron chi connectivity index (χ3n) is 3.52. The Kier molecular flexibility index (Phi) is 4.20. The van der Waals surface area contributed by atoms with Gasteiger partial charge < -0.3 is 4.98 Å². The number of hydrogen-bond acceptors (Lipinski definition) is 4. The maximum atomic E-state index is 12.3. The fourth-order valence-electron chi connectivity index (χ4n) is 2.42.